The van der Waals surface area contributed by atoms with E-state index in [2.05, 4.69) is 5.32 Å². The molecular weight excluding hydrogens is 376 g/mol. The molecule has 0 spiro atoms. The fraction of sp³-hybridized carbons (Fsp3) is 0.222. The summed E-state index contributed by atoms with van der Waals surface area (Å²) in [7, 11) is -2.10. The molecule has 0 saturated heterocycles. The van der Waals surface area contributed by atoms with Crippen LogP contribution in [-0.2, 0) is 14.6 Å². The molecule has 26 heavy (non-hydrogen) atoms. The Kier molecular flexibility index (Phi) is 6.05. The van der Waals surface area contributed by atoms with Gasteiger partial charge >= 0.3 is 0 Å². The van der Waals surface area contributed by atoms with Crippen molar-refractivity contribution >= 4 is 38.9 Å². The number of aryl methyl sites for hydroxylation is 1. The molecular formula is C18H19ClN2O4S. The number of amides is 2. The molecule has 0 aliphatic carbocycles. The summed E-state index contributed by atoms with van der Waals surface area (Å²) in [6, 6.07) is 11.3. The van der Waals surface area contributed by atoms with Crippen LogP contribution in [0.3, 0.4) is 0 Å². The van der Waals surface area contributed by atoms with E-state index in [1.807, 2.05) is 19.1 Å². The van der Waals surface area contributed by atoms with E-state index in [1.165, 1.54) is 30.1 Å². The zero-order valence-electron chi connectivity index (χ0n) is 14.6. The first-order valence-electron chi connectivity index (χ1n) is 7.69. The van der Waals surface area contributed by atoms with Gasteiger partial charge in [0.2, 0.25) is 5.91 Å². The maximum atomic E-state index is 12.5. The molecule has 6 nitrogen and oxygen atoms in total. The number of benzene rings is 2. The number of sulfone groups is 1. The first-order chi connectivity index (χ1) is 12.1. The van der Waals surface area contributed by atoms with E-state index in [9.17, 15) is 18.0 Å². The molecule has 0 atom stereocenters. The summed E-state index contributed by atoms with van der Waals surface area (Å²) in [5.74, 6) is -0.840. The average molecular weight is 395 g/mol. The Morgan fingerprint density at radius 1 is 1.12 bits per heavy atom. The Hall–Kier alpha value is -2.38. The minimum atomic E-state index is -3.56. The van der Waals surface area contributed by atoms with Crippen molar-refractivity contribution in [3.8, 4) is 0 Å². The summed E-state index contributed by atoms with van der Waals surface area (Å²) < 4.78 is 23.5. The summed E-state index contributed by atoms with van der Waals surface area (Å²) in [6.45, 7) is 1.76. The highest BCUT2D eigenvalue weighted by atomic mass is 35.5. The van der Waals surface area contributed by atoms with Crippen LogP contribution in [0.15, 0.2) is 47.4 Å². The normalized spacial score (nSPS) is 11.1. The van der Waals surface area contributed by atoms with Gasteiger partial charge in [-0.25, -0.2) is 8.42 Å². The van der Waals surface area contributed by atoms with Gasteiger partial charge in [-0.15, -0.1) is 0 Å². The first-order valence-corrected chi connectivity index (χ1v) is 9.96. The molecule has 0 heterocycles. The molecule has 0 aromatic heterocycles. The molecule has 0 aliphatic heterocycles. The Labute approximate surface area is 157 Å². The number of anilines is 1. The summed E-state index contributed by atoms with van der Waals surface area (Å²) in [6.07, 6.45) is 1.02. The van der Waals surface area contributed by atoms with Crippen LogP contribution < -0.4 is 5.32 Å². The molecule has 2 rings (SSSR count). The van der Waals surface area contributed by atoms with Crippen molar-refractivity contribution in [3.05, 3.63) is 58.6 Å². The van der Waals surface area contributed by atoms with E-state index in [0.29, 0.717) is 5.69 Å². The molecule has 2 aromatic rings. The molecule has 0 aliphatic rings. The van der Waals surface area contributed by atoms with Gasteiger partial charge < -0.3 is 10.2 Å². The zero-order valence-corrected chi connectivity index (χ0v) is 16.2. The second-order valence-electron chi connectivity index (χ2n) is 5.99. The molecule has 0 unspecified atom stereocenters. The molecule has 2 aromatic carbocycles. The predicted molar refractivity (Wildman–Crippen MR) is 101 cm³/mol. The Morgan fingerprint density at radius 2 is 1.73 bits per heavy atom. The Balaban J connectivity index is 2.09. The molecule has 138 valence electrons. The topological polar surface area (TPSA) is 83.6 Å². The largest absolute Gasteiger partial charge is 0.332 e. The number of halogens is 1. The van der Waals surface area contributed by atoms with Crippen molar-refractivity contribution < 1.29 is 18.0 Å². The number of likely N-dealkylation sites (N-methyl/N-ethyl adjacent to an activating group) is 1. The van der Waals surface area contributed by atoms with Gasteiger partial charge in [-0.1, -0.05) is 29.3 Å². The summed E-state index contributed by atoms with van der Waals surface area (Å²) in [5.41, 5.74) is 1.84. The van der Waals surface area contributed by atoms with Crippen LogP contribution in [0.2, 0.25) is 5.02 Å². The van der Waals surface area contributed by atoms with Gasteiger partial charge in [-0.3, -0.25) is 9.59 Å². The van der Waals surface area contributed by atoms with E-state index < -0.39 is 15.7 Å². The fourth-order valence-corrected chi connectivity index (χ4v) is 3.57. The van der Waals surface area contributed by atoms with Gasteiger partial charge in [0.15, 0.2) is 9.84 Å². The molecule has 0 bridgehead atoms. The minimum Gasteiger partial charge on any atom is -0.332 e. The lowest BCUT2D eigenvalue weighted by Gasteiger charge is -2.17. The molecule has 1 N–H and O–H groups in total. The molecule has 8 heteroatoms. The molecule has 2 amide bonds. The SMILES string of the molecule is Cc1ccc(NC(=O)CN(C)C(=O)c2ccc(Cl)c(S(C)(=O)=O)c2)cc1. The maximum absolute atomic E-state index is 12.5. The highest BCUT2D eigenvalue weighted by Crippen LogP contribution is 2.23. The van der Waals surface area contributed by atoms with Crippen LogP contribution in [0.1, 0.15) is 15.9 Å². The van der Waals surface area contributed by atoms with E-state index >= 15 is 0 Å². The highest BCUT2D eigenvalue weighted by molar-refractivity contribution is 7.90. The maximum Gasteiger partial charge on any atom is 0.254 e. The smallest absolute Gasteiger partial charge is 0.254 e. The highest BCUT2D eigenvalue weighted by Gasteiger charge is 2.19. The van der Waals surface area contributed by atoms with Crippen LogP contribution in [-0.4, -0.2) is 45.0 Å². The monoisotopic (exact) mass is 394 g/mol. The lowest BCUT2D eigenvalue weighted by molar-refractivity contribution is -0.116. The number of nitrogens with zero attached hydrogens (tertiary/aromatic N) is 1. The third-order valence-electron chi connectivity index (χ3n) is 3.64. The van der Waals surface area contributed by atoms with E-state index in [0.717, 1.165) is 11.8 Å². The molecule has 0 saturated carbocycles. The second-order valence-corrected chi connectivity index (χ2v) is 8.38. The third kappa shape index (κ3) is 5.06. The quantitative estimate of drug-likeness (QED) is 0.845. The number of hydrogen-bond acceptors (Lipinski definition) is 4. The molecule has 0 radical (unpaired) electrons. The van der Waals surface area contributed by atoms with Crippen LogP contribution in [0.5, 0.6) is 0 Å². The van der Waals surface area contributed by atoms with Crippen molar-refractivity contribution in [1.29, 1.82) is 0 Å². The fourth-order valence-electron chi connectivity index (χ4n) is 2.27. The van der Waals surface area contributed by atoms with Crippen LogP contribution in [0.4, 0.5) is 5.69 Å². The van der Waals surface area contributed by atoms with E-state index in [-0.39, 0.29) is 27.9 Å². The zero-order chi connectivity index (χ0) is 19.5. The van der Waals surface area contributed by atoms with Crippen LogP contribution in [0.25, 0.3) is 0 Å². The lowest BCUT2D eigenvalue weighted by atomic mass is 10.2. The van der Waals surface area contributed by atoms with Crippen LogP contribution in [0, 0.1) is 6.92 Å². The summed E-state index contributed by atoms with van der Waals surface area (Å²) >= 11 is 5.88. The van der Waals surface area contributed by atoms with Gasteiger partial charge in [0.05, 0.1) is 16.5 Å². The summed E-state index contributed by atoms with van der Waals surface area (Å²) in [4.78, 5) is 25.7. The number of carbonyl (C=O) groups excluding carboxylic acids is 2. The van der Waals surface area contributed by atoms with Gasteiger partial charge in [-0.05, 0) is 37.3 Å². The third-order valence-corrected chi connectivity index (χ3v) is 5.22. The van der Waals surface area contributed by atoms with Gasteiger partial charge in [0.25, 0.3) is 5.91 Å². The van der Waals surface area contributed by atoms with E-state index in [1.54, 1.807) is 12.1 Å². The van der Waals surface area contributed by atoms with Crippen molar-refractivity contribution in [2.75, 3.05) is 25.2 Å². The Morgan fingerprint density at radius 3 is 2.31 bits per heavy atom. The van der Waals surface area contributed by atoms with Crippen molar-refractivity contribution in [2.45, 2.75) is 11.8 Å². The second kappa shape index (κ2) is 7.88. The van der Waals surface area contributed by atoms with Gasteiger partial charge in [0, 0.05) is 24.6 Å². The predicted octanol–water partition coefficient (Wildman–Crippen LogP) is 2.76. The van der Waals surface area contributed by atoms with Crippen molar-refractivity contribution in [1.82, 2.24) is 4.90 Å². The number of hydrogen-bond donors (Lipinski definition) is 1. The lowest BCUT2D eigenvalue weighted by Crippen LogP contribution is -2.35. The average Bonchev–Trinajstić information content (AvgIpc) is 2.55. The van der Waals surface area contributed by atoms with E-state index in [4.69, 9.17) is 11.6 Å². The number of rotatable bonds is 5. The first kappa shape index (κ1) is 19.9. The molecule has 0 fully saturated rings. The summed E-state index contributed by atoms with van der Waals surface area (Å²) in [5, 5.41) is 2.75. The number of carbonyl (C=O) groups is 2. The van der Waals surface area contributed by atoms with Crippen molar-refractivity contribution in [2.24, 2.45) is 0 Å². The minimum absolute atomic E-state index is 0.0452. The van der Waals surface area contributed by atoms with Crippen molar-refractivity contribution in [3.63, 3.8) is 0 Å². The van der Waals surface area contributed by atoms with Gasteiger partial charge in [-0.2, -0.15) is 0 Å². The standard InChI is InChI=1S/C18H19ClN2O4S/c1-12-4-7-14(8-5-12)20-17(22)11-21(2)18(23)13-6-9-15(19)16(10-13)26(3,24)25/h4-10H,11H2,1-3H3,(H,20,22). The Bertz CT molecular complexity index is 940. The number of nitrogens with one attached hydrogen (secondary N) is 1. The van der Waals surface area contributed by atoms with Gasteiger partial charge in [0.1, 0.15) is 0 Å². The van der Waals surface area contributed by atoms with Crippen LogP contribution >= 0.6 is 11.6 Å².